The number of nitrogens with zero attached hydrogens (tertiary/aromatic N) is 1. The smallest absolute Gasteiger partial charge is 0.236 e. The van der Waals surface area contributed by atoms with E-state index in [2.05, 4.69) is 42.4 Å². The number of ether oxygens (including phenoxy) is 1. The molecule has 0 saturated carbocycles. The minimum atomic E-state index is -0.203. The summed E-state index contributed by atoms with van der Waals surface area (Å²) in [5.74, 6) is 0.550. The highest BCUT2D eigenvalue weighted by Crippen LogP contribution is 2.34. The summed E-state index contributed by atoms with van der Waals surface area (Å²) in [4.78, 5) is 10.6. The zero-order valence-electron chi connectivity index (χ0n) is 9.46. The van der Waals surface area contributed by atoms with Crippen molar-refractivity contribution in [3.05, 3.63) is 26.6 Å². The van der Waals surface area contributed by atoms with Crippen molar-refractivity contribution < 1.29 is 9.53 Å². The van der Waals surface area contributed by atoms with Crippen LogP contribution in [0.5, 0.6) is 5.75 Å². The van der Waals surface area contributed by atoms with Crippen LogP contribution in [0.2, 0.25) is 0 Å². The average Bonchev–Trinajstić information content (AvgIpc) is 2.23. The predicted octanol–water partition coefficient (Wildman–Crippen LogP) is 3.08. The molecule has 6 heteroatoms. The molecular formula is C11H12Br2N2O2. The lowest BCUT2D eigenvalue weighted by Crippen LogP contribution is -2.12. The van der Waals surface area contributed by atoms with E-state index >= 15 is 0 Å². The Morgan fingerprint density at radius 3 is 2.53 bits per heavy atom. The lowest BCUT2D eigenvalue weighted by molar-refractivity contribution is -0.118. The van der Waals surface area contributed by atoms with E-state index in [1.807, 2.05) is 19.1 Å². The fourth-order valence-electron chi connectivity index (χ4n) is 1.13. The van der Waals surface area contributed by atoms with Gasteiger partial charge in [0.2, 0.25) is 5.91 Å². The highest BCUT2D eigenvalue weighted by Gasteiger charge is 2.07. The van der Waals surface area contributed by atoms with Gasteiger partial charge in [-0.05, 0) is 56.5 Å². The summed E-state index contributed by atoms with van der Waals surface area (Å²) in [5, 5.41) is 3.79. The molecule has 4 nitrogen and oxygen atoms in total. The summed E-state index contributed by atoms with van der Waals surface area (Å²) in [6.07, 6.45) is 1.56. The highest BCUT2D eigenvalue weighted by molar-refractivity contribution is 9.11. The van der Waals surface area contributed by atoms with Gasteiger partial charge < -0.3 is 4.74 Å². The number of hydrogen-bond acceptors (Lipinski definition) is 3. The maximum atomic E-state index is 10.6. The van der Waals surface area contributed by atoms with Crippen LogP contribution in [-0.4, -0.2) is 18.7 Å². The number of carbonyl (C=O) groups is 1. The first-order valence-corrected chi connectivity index (χ1v) is 6.54. The van der Waals surface area contributed by atoms with Crippen molar-refractivity contribution in [1.82, 2.24) is 5.43 Å². The van der Waals surface area contributed by atoms with E-state index in [4.69, 9.17) is 4.74 Å². The largest absolute Gasteiger partial charge is 0.492 e. The number of hydrogen-bond donors (Lipinski definition) is 1. The summed E-state index contributed by atoms with van der Waals surface area (Å²) in [6, 6.07) is 3.72. The molecule has 0 aromatic heterocycles. The topological polar surface area (TPSA) is 50.7 Å². The minimum Gasteiger partial charge on any atom is -0.492 e. The molecular weight excluding hydrogens is 352 g/mol. The van der Waals surface area contributed by atoms with Gasteiger partial charge in [-0.2, -0.15) is 5.10 Å². The summed E-state index contributed by atoms with van der Waals surface area (Å²) in [6.45, 7) is 3.92. The number of rotatable bonds is 4. The van der Waals surface area contributed by atoms with Crippen LogP contribution >= 0.6 is 31.9 Å². The van der Waals surface area contributed by atoms with E-state index in [-0.39, 0.29) is 5.91 Å². The zero-order valence-corrected chi connectivity index (χ0v) is 12.6. The van der Waals surface area contributed by atoms with Crippen LogP contribution in [0, 0.1) is 0 Å². The molecule has 17 heavy (non-hydrogen) atoms. The van der Waals surface area contributed by atoms with Gasteiger partial charge in [-0.25, -0.2) is 5.43 Å². The lowest BCUT2D eigenvalue weighted by atomic mass is 10.2. The van der Waals surface area contributed by atoms with Crippen molar-refractivity contribution in [2.45, 2.75) is 13.8 Å². The fourth-order valence-corrected chi connectivity index (χ4v) is 2.58. The van der Waals surface area contributed by atoms with Gasteiger partial charge >= 0.3 is 0 Å². The third kappa shape index (κ3) is 4.47. The zero-order chi connectivity index (χ0) is 12.8. The Balaban J connectivity index is 2.90. The molecule has 1 aromatic rings. The highest BCUT2D eigenvalue weighted by atomic mass is 79.9. The van der Waals surface area contributed by atoms with Crippen LogP contribution in [0.3, 0.4) is 0 Å². The maximum Gasteiger partial charge on any atom is 0.236 e. The Hall–Kier alpha value is -0.880. The van der Waals surface area contributed by atoms with Crippen molar-refractivity contribution >= 4 is 44.0 Å². The van der Waals surface area contributed by atoms with E-state index in [1.165, 1.54) is 6.92 Å². The van der Waals surface area contributed by atoms with Crippen molar-refractivity contribution in [1.29, 1.82) is 0 Å². The molecule has 0 spiro atoms. The molecule has 1 rings (SSSR count). The lowest BCUT2D eigenvalue weighted by Gasteiger charge is -2.09. The van der Waals surface area contributed by atoms with Crippen LogP contribution < -0.4 is 10.2 Å². The van der Waals surface area contributed by atoms with E-state index < -0.39 is 0 Å². The molecule has 0 saturated heterocycles. The Morgan fingerprint density at radius 1 is 1.47 bits per heavy atom. The molecule has 0 unspecified atom stereocenters. The van der Waals surface area contributed by atoms with Crippen LogP contribution in [0.1, 0.15) is 19.4 Å². The van der Waals surface area contributed by atoms with Gasteiger partial charge in [-0.15, -0.1) is 0 Å². The van der Waals surface area contributed by atoms with E-state index in [9.17, 15) is 4.79 Å². The maximum absolute atomic E-state index is 10.6. The Kier molecular flexibility index (Phi) is 5.64. The molecule has 0 atom stereocenters. The quantitative estimate of drug-likeness (QED) is 0.660. The van der Waals surface area contributed by atoms with Crippen molar-refractivity contribution in [3.63, 3.8) is 0 Å². The second-order valence-corrected chi connectivity index (χ2v) is 4.88. The second-order valence-electron chi connectivity index (χ2n) is 3.17. The summed E-state index contributed by atoms with van der Waals surface area (Å²) >= 11 is 6.83. The average molecular weight is 364 g/mol. The first kappa shape index (κ1) is 14.2. The molecule has 0 heterocycles. The van der Waals surface area contributed by atoms with E-state index in [1.54, 1.807) is 6.21 Å². The molecule has 1 aromatic carbocycles. The Morgan fingerprint density at radius 2 is 2.06 bits per heavy atom. The molecule has 1 N–H and O–H groups in total. The Labute approximate surface area is 117 Å². The number of hydrazone groups is 1. The van der Waals surface area contributed by atoms with E-state index in [0.717, 1.165) is 20.3 Å². The van der Waals surface area contributed by atoms with Gasteiger partial charge in [0, 0.05) is 6.92 Å². The first-order chi connectivity index (χ1) is 8.04. The van der Waals surface area contributed by atoms with Gasteiger partial charge in [-0.1, -0.05) is 0 Å². The van der Waals surface area contributed by atoms with Crippen LogP contribution in [-0.2, 0) is 4.79 Å². The van der Waals surface area contributed by atoms with Crippen molar-refractivity contribution in [2.75, 3.05) is 6.61 Å². The number of benzene rings is 1. The predicted molar refractivity (Wildman–Crippen MR) is 74.4 cm³/mol. The summed E-state index contributed by atoms with van der Waals surface area (Å²) < 4.78 is 7.12. The SMILES string of the molecule is CCOc1c(Br)cc(/C=N\NC(C)=O)cc1Br. The molecule has 1 amide bonds. The molecule has 0 bridgehead atoms. The van der Waals surface area contributed by atoms with Crippen molar-refractivity contribution in [2.24, 2.45) is 5.10 Å². The van der Waals surface area contributed by atoms with Gasteiger partial charge in [0.1, 0.15) is 5.75 Å². The third-order valence-electron chi connectivity index (χ3n) is 1.74. The van der Waals surface area contributed by atoms with Crippen LogP contribution in [0.25, 0.3) is 0 Å². The van der Waals surface area contributed by atoms with Crippen LogP contribution in [0.4, 0.5) is 0 Å². The summed E-state index contributed by atoms with van der Waals surface area (Å²) in [7, 11) is 0. The normalized spacial score (nSPS) is 10.6. The number of halogens is 2. The number of nitrogens with one attached hydrogen (secondary N) is 1. The molecule has 92 valence electrons. The number of amides is 1. The summed E-state index contributed by atoms with van der Waals surface area (Å²) in [5.41, 5.74) is 3.19. The fraction of sp³-hybridized carbons (Fsp3) is 0.273. The van der Waals surface area contributed by atoms with E-state index in [0.29, 0.717) is 6.61 Å². The third-order valence-corrected chi connectivity index (χ3v) is 2.92. The van der Waals surface area contributed by atoms with Gasteiger partial charge in [-0.3, -0.25) is 4.79 Å². The second kappa shape index (κ2) is 6.76. The molecule has 0 aliphatic rings. The monoisotopic (exact) mass is 362 g/mol. The number of carbonyl (C=O) groups excluding carboxylic acids is 1. The van der Waals surface area contributed by atoms with Crippen molar-refractivity contribution in [3.8, 4) is 5.75 Å². The van der Waals surface area contributed by atoms with Gasteiger partial charge in [0.25, 0.3) is 0 Å². The molecule has 0 fully saturated rings. The standard InChI is InChI=1S/C11H12Br2N2O2/c1-3-17-11-9(12)4-8(5-10(11)13)6-14-15-7(2)16/h4-6H,3H2,1-2H3,(H,15,16)/b14-6-. The molecule has 0 aliphatic carbocycles. The Bertz CT molecular complexity index is 424. The van der Waals surface area contributed by atoms with Crippen LogP contribution in [0.15, 0.2) is 26.2 Å². The first-order valence-electron chi connectivity index (χ1n) is 4.96. The van der Waals surface area contributed by atoms with Gasteiger partial charge in [0.15, 0.2) is 0 Å². The van der Waals surface area contributed by atoms with Gasteiger partial charge in [0.05, 0.1) is 21.8 Å². The molecule has 0 aliphatic heterocycles. The minimum absolute atomic E-state index is 0.203. The molecule has 0 radical (unpaired) electrons.